The molecule has 2 aliphatic rings. The van der Waals surface area contributed by atoms with Crippen molar-refractivity contribution in [3.63, 3.8) is 0 Å². The van der Waals surface area contributed by atoms with Crippen LogP contribution in [0, 0.1) is 5.92 Å². The molecule has 3 heterocycles. The topological polar surface area (TPSA) is 78.8 Å². The van der Waals surface area contributed by atoms with Gasteiger partial charge in [0.25, 0.3) is 0 Å². The Morgan fingerprint density at radius 1 is 1.28 bits per heavy atom. The van der Waals surface area contributed by atoms with Gasteiger partial charge in [-0.25, -0.2) is 9.97 Å². The van der Waals surface area contributed by atoms with Crippen LogP contribution in [0.2, 0.25) is 0 Å². The zero-order chi connectivity index (χ0) is 17.8. The highest BCUT2D eigenvalue weighted by Crippen LogP contribution is 2.29. The molecular weight excluding hydrogens is 320 g/mol. The van der Waals surface area contributed by atoms with E-state index in [-0.39, 0.29) is 6.54 Å². The summed E-state index contributed by atoms with van der Waals surface area (Å²) in [5.41, 5.74) is 2.31. The fourth-order valence-electron chi connectivity index (χ4n) is 3.84. The van der Waals surface area contributed by atoms with Crippen molar-refractivity contribution in [2.75, 3.05) is 51.3 Å². The molecule has 3 rings (SSSR count). The first-order chi connectivity index (χ1) is 12.1. The van der Waals surface area contributed by atoms with Crippen LogP contribution in [0.15, 0.2) is 0 Å². The minimum Gasteiger partial charge on any atom is -0.480 e. The van der Waals surface area contributed by atoms with Crippen LogP contribution in [-0.4, -0.2) is 72.4 Å². The van der Waals surface area contributed by atoms with Crippen molar-refractivity contribution in [1.29, 1.82) is 0 Å². The first-order valence-corrected chi connectivity index (χ1v) is 9.17. The van der Waals surface area contributed by atoms with E-state index in [4.69, 9.17) is 19.8 Å². The number of aliphatic carboxylic acids is 1. The Labute approximate surface area is 149 Å². The number of anilines is 1. The van der Waals surface area contributed by atoms with Crippen molar-refractivity contribution in [2.45, 2.75) is 32.6 Å². The lowest BCUT2D eigenvalue weighted by atomic mass is 10.1. The first-order valence-electron chi connectivity index (χ1n) is 9.17. The summed E-state index contributed by atoms with van der Waals surface area (Å²) in [7, 11) is 1.76. The summed E-state index contributed by atoms with van der Waals surface area (Å²) >= 11 is 0. The van der Waals surface area contributed by atoms with Gasteiger partial charge in [0.2, 0.25) is 0 Å². The first kappa shape index (κ1) is 18.1. The van der Waals surface area contributed by atoms with Gasteiger partial charge in [-0.1, -0.05) is 6.92 Å². The number of carboxylic acid groups (broad SMARTS) is 1. The molecule has 1 atom stereocenters. The van der Waals surface area contributed by atoms with Crippen molar-refractivity contribution < 1.29 is 14.6 Å². The van der Waals surface area contributed by atoms with Crippen molar-refractivity contribution in [2.24, 2.45) is 5.92 Å². The molecule has 0 bridgehead atoms. The van der Waals surface area contributed by atoms with Crippen LogP contribution in [0.5, 0.6) is 0 Å². The summed E-state index contributed by atoms with van der Waals surface area (Å²) < 4.78 is 5.32. The number of ether oxygens (including phenoxy) is 1. The van der Waals surface area contributed by atoms with Gasteiger partial charge in [-0.05, 0) is 12.8 Å². The van der Waals surface area contributed by atoms with Crippen LogP contribution >= 0.6 is 0 Å². The average molecular weight is 348 g/mol. The van der Waals surface area contributed by atoms with Crippen LogP contribution in [0.4, 0.5) is 5.82 Å². The molecule has 2 aliphatic heterocycles. The van der Waals surface area contributed by atoms with Gasteiger partial charge in [-0.3, -0.25) is 9.69 Å². The van der Waals surface area contributed by atoms with E-state index in [0.29, 0.717) is 5.92 Å². The van der Waals surface area contributed by atoms with E-state index in [0.717, 1.165) is 75.8 Å². The molecule has 1 saturated heterocycles. The summed E-state index contributed by atoms with van der Waals surface area (Å²) in [6.07, 6.45) is 3.54. The monoisotopic (exact) mass is 348 g/mol. The quantitative estimate of drug-likeness (QED) is 0.821. The van der Waals surface area contributed by atoms with E-state index < -0.39 is 5.97 Å². The van der Waals surface area contributed by atoms with Crippen molar-refractivity contribution >= 4 is 11.8 Å². The van der Waals surface area contributed by atoms with E-state index in [9.17, 15) is 4.79 Å². The standard InChI is InChI=1S/C18H28N4O3/c1-3-16-19-15-6-8-21(11-17(23)24)7-5-14(15)18(20-16)22-9-4-13(10-22)12-25-2/h13H,3-12H2,1-2H3,(H,23,24)/t13-/m0/s1. The number of hydrogen-bond donors (Lipinski definition) is 1. The highest BCUT2D eigenvalue weighted by Gasteiger charge is 2.28. The summed E-state index contributed by atoms with van der Waals surface area (Å²) in [4.78, 5) is 25.0. The number of nitrogens with zero attached hydrogens (tertiary/aromatic N) is 4. The summed E-state index contributed by atoms with van der Waals surface area (Å²) in [5.74, 6) is 1.73. The third kappa shape index (κ3) is 4.27. The number of carboxylic acids is 1. The van der Waals surface area contributed by atoms with Crippen molar-refractivity contribution in [3.8, 4) is 0 Å². The van der Waals surface area contributed by atoms with Gasteiger partial charge in [0.05, 0.1) is 18.8 Å². The van der Waals surface area contributed by atoms with Crippen molar-refractivity contribution in [1.82, 2.24) is 14.9 Å². The second-order valence-electron chi connectivity index (χ2n) is 6.97. The zero-order valence-electron chi connectivity index (χ0n) is 15.2. The van der Waals surface area contributed by atoms with Gasteiger partial charge >= 0.3 is 5.97 Å². The molecule has 1 aromatic heterocycles. The number of aromatic nitrogens is 2. The largest absolute Gasteiger partial charge is 0.480 e. The number of carbonyl (C=O) groups is 1. The van der Waals surface area contributed by atoms with Crippen LogP contribution < -0.4 is 4.90 Å². The fraction of sp³-hybridized carbons (Fsp3) is 0.722. The highest BCUT2D eigenvalue weighted by atomic mass is 16.5. The van der Waals surface area contributed by atoms with E-state index in [1.54, 1.807) is 7.11 Å². The molecule has 0 unspecified atom stereocenters. The van der Waals surface area contributed by atoms with Crippen molar-refractivity contribution in [3.05, 3.63) is 17.1 Å². The maximum atomic E-state index is 11.0. The summed E-state index contributed by atoms with van der Waals surface area (Å²) in [6.45, 7) is 6.42. The van der Waals surface area contributed by atoms with Gasteiger partial charge in [0.15, 0.2) is 0 Å². The molecular formula is C18H28N4O3. The number of rotatable bonds is 6. The molecule has 1 N–H and O–H groups in total. The number of hydrogen-bond acceptors (Lipinski definition) is 6. The van der Waals surface area contributed by atoms with E-state index in [1.165, 1.54) is 5.56 Å². The molecule has 0 amide bonds. The maximum absolute atomic E-state index is 11.0. The molecule has 1 fully saturated rings. The molecule has 0 radical (unpaired) electrons. The lowest BCUT2D eigenvalue weighted by Crippen LogP contribution is -2.32. The average Bonchev–Trinajstić information content (AvgIpc) is 2.96. The Morgan fingerprint density at radius 3 is 2.80 bits per heavy atom. The lowest BCUT2D eigenvalue weighted by molar-refractivity contribution is -0.138. The molecule has 0 aliphatic carbocycles. The highest BCUT2D eigenvalue weighted by molar-refractivity contribution is 5.69. The molecule has 138 valence electrons. The number of methoxy groups -OCH3 is 1. The van der Waals surface area contributed by atoms with E-state index in [1.807, 2.05) is 4.90 Å². The van der Waals surface area contributed by atoms with Gasteiger partial charge in [0, 0.05) is 57.6 Å². The minimum absolute atomic E-state index is 0.0943. The molecule has 0 saturated carbocycles. The van der Waals surface area contributed by atoms with Gasteiger partial charge in [-0.15, -0.1) is 0 Å². The number of aryl methyl sites for hydroxylation is 1. The van der Waals surface area contributed by atoms with Gasteiger partial charge in [0.1, 0.15) is 11.6 Å². The third-order valence-electron chi connectivity index (χ3n) is 5.12. The predicted molar refractivity (Wildman–Crippen MR) is 95.1 cm³/mol. The second-order valence-corrected chi connectivity index (χ2v) is 6.97. The second kappa shape index (κ2) is 8.10. The smallest absolute Gasteiger partial charge is 0.317 e. The van der Waals surface area contributed by atoms with Crippen LogP contribution in [-0.2, 0) is 28.8 Å². The van der Waals surface area contributed by atoms with Crippen LogP contribution in [0.1, 0.15) is 30.4 Å². The Bertz CT molecular complexity index is 623. The Balaban J connectivity index is 1.84. The van der Waals surface area contributed by atoms with Crippen LogP contribution in [0.3, 0.4) is 0 Å². The molecule has 7 nitrogen and oxygen atoms in total. The Morgan fingerprint density at radius 2 is 2.08 bits per heavy atom. The van der Waals surface area contributed by atoms with Gasteiger partial charge < -0.3 is 14.7 Å². The molecule has 0 aromatic carbocycles. The molecule has 1 aromatic rings. The normalized spacial score (nSPS) is 21.2. The number of fused-ring (bicyclic) bond motifs is 1. The Hall–Kier alpha value is -1.73. The van der Waals surface area contributed by atoms with E-state index in [2.05, 4.69) is 11.8 Å². The Kier molecular flexibility index (Phi) is 5.86. The molecule has 7 heteroatoms. The summed E-state index contributed by atoms with van der Waals surface area (Å²) in [6, 6.07) is 0. The third-order valence-corrected chi connectivity index (χ3v) is 5.12. The molecule has 25 heavy (non-hydrogen) atoms. The fourth-order valence-corrected chi connectivity index (χ4v) is 3.84. The lowest BCUT2D eigenvalue weighted by Gasteiger charge is -2.23. The minimum atomic E-state index is -0.770. The predicted octanol–water partition coefficient (Wildman–Crippen LogP) is 0.997. The van der Waals surface area contributed by atoms with E-state index >= 15 is 0 Å². The summed E-state index contributed by atoms with van der Waals surface area (Å²) in [5, 5.41) is 9.07. The molecule has 0 spiro atoms. The maximum Gasteiger partial charge on any atom is 0.317 e. The zero-order valence-corrected chi connectivity index (χ0v) is 15.2. The van der Waals surface area contributed by atoms with Gasteiger partial charge in [-0.2, -0.15) is 0 Å². The SMILES string of the molecule is CCc1nc2c(c(N3CC[C@H](COC)C3)n1)CCN(CC(=O)O)CC2. The van der Waals surface area contributed by atoms with Crippen LogP contribution in [0.25, 0.3) is 0 Å².